The van der Waals surface area contributed by atoms with E-state index in [1.165, 1.54) is 12.7 Å². The van der Waals surface area contributed by atoms with Crippen LogP contribution in [0, 0.1) is 0 Å². The number of nitrogens with zero attached hydrogens (tertiary/aromatic N) is 5. The van der Waals surface area contributed by atoms with E-state index >= 15 is 0 Å². The van der Waals surface area contributed by atoms with Gasteiger partial charge in [0.15, 0.2) is 5.82 Å². The summed E-state index contributed by atoms with van der Waals surface area (Å²) in [6.45, 7) is 4.08. The fourth-order valence-electron chi connectivity index (χ4n) is 1.53. The highest BCUT2D eigenvalue weighted by Crippen LogP contribution is 2.25. The van der Waals surface area contributed by atoms with Crippen LogP contribution in [0.1, 0.15) is 25.3 Å². The Labute approximate surface area is 92.7 Å². The van der Waals surface area contributed by atoms with Crippen molar-refractivity contribution < 1.29 is 0 Å². The molecule has 0 aromatic carbocycles. The lowest BCUT2D eigenvalue weighted by molar-refractivity contribution is 0.772. The van der Waals surface area contributed by atoms with E-state index < -0.39 is 0 Å². The summed E-state index contributed by atoms with van der Waals surface area (Å²) in [4.78, 5) is 12.2. The summed E-state index contributed by atoms with van der Waals surface area (Å²) in [5, 5.41) is 4.05. The lowest BCUT2D eigenvalue weighted by Gasteiger charge is -2.14. The van der Waals surface area contributed by atoms with Gasteiger partial charge in [-0.3, -0.25) is 0 Å². The van der Waals surface area contributed by atoms with Crippen LogP contribution in [0.4, 0.5) is 5.82 Å². The molecule has 2 rings (SSSR count). The molecule has 84 valence electrons. The van der Waals surface area contributed by atoms with Gasteiger partial charge in [-0.25, -0.2) is 25.5 Å². The van der Waals surface area contributed by atoms with E-state index in [1.54, 1.807) is 11.0 Å². The topological polar surface area (TPSA) is 94.5 Å². The largest absolute Gasteiger partial charge is 0.308 e. The van der Waals surface area contributed by atoms with Crippen LogP contribution in [0.25, 0.3) is 5.82 Å². The summed E-state index contributed by atoms with van der Waals surface area (Å²) in [7, 11) is 0. The fraction of sp³-hybridized carbons (Fsp3) is 0.333. The highest BCUT2D eigenvalue weighted by molar-refractivity contribution is 5.52. The van der Waals surface area contributed by atoms with Gasteiger partial charge in [-0.05, 0) is 5.92 Å². The molecule has 0 atom stereocenters. The van der Waals surface area contributed by atoms with Gasteiger partial charge in [0.2, 0.25) is 0 Å². The minimum atomic E-state index is 0.228. The average molecular weight is 219 g/mol. The van der Waals surface area contributed by atoms with Gasteiger partial charge in [0.1, 0.15) is 24.8 Å². The zero-order chi connectivity index (χ0) is 11.5. The Bertz CT molecular complexity index is 463. The highest BCUT2D eigenvalue weighted by Gasteiger charge is 2.15. The van der Waals surface area contributed by atoms with Crippen LogP contribution in [0.5, 0.6) is 0 Å². The van der Waals surface area contributed by atoms with Crippen LogP contribution in [-0.2, 0) is 0 Å². The first-order valence-electron chi connectivity index (χ1n) is 4.90. The second-order valence-corrected chi connectivity index (χ2v) is 3.60. The molecule has 16 heavy (non-hydrogen) atoms. The lowest BCUT2D eigenvalue weighted by atomic mass is 10.0. The number of nitrogen functional groups attached to an aromatic ring is 1. The first kappa shape index (κ1) is 10.5. The van der Waals surface area contributed by atoms with Crippen molar-refractivity contribution in [2.24, 2.45) is 5.84 Å². The second-order valence-electron chi connectivity index (χ2n) is 3.60. The molecule has 0 fully saturated rings. The standard InChI is InChI=1S/C9H13N7/c1-6(2)7-8(15-10)12-4-13-9(7)16-5-11-3-14-16/h3-6H,10H2,1-2H3,(H,12,13,15). The Kier molecular flexibility index (Phi) is 2.78. The molecular formula is C9H13N7. The van der Waals surface area contributed by atoms with E-state index in [9.17, 15) is 0 Å². The third-order valence-corrected chi connectivity index (χ3v) is 2.21. The number of anilines is 1. The van der Waals surface area contributed by atoms with Crippen LogP contribution < -0.4 is 11.3 Å². The molecule has 0 spiro atoms. The minimum absolute atomic E-state index is 0.228. The zero-order valence-corrected chi connectivity index (χ0v) is 9.12. The van der Waals surface area contributed by atoms with E-state index in [2.05, 4.69) is 25.5 Å². The molecule has 0 unspecified atom stereocenters. The maximum absolute atomic E-state index is 5.43. The molecule has 0 aliphatic rings. The van der Waals surface area contributed by atoms with Crippen molar-refractivity contribution in [3.63, 3.8) is 0 Å². The summed E-state index contributed by atoms with van der Waals surface area (Å²) in [5.74, 6) is 6.95. The van der Waals surface area contributed by atoms with Gasteiger partial charge in [-0.1, -0.05) is 13.8 Å². The minimum Gasteiger partial charge on any atom is -0.308 e. The van der Waals surface area contributed by atoms with Crippen molar-refractivity contribution in [2.75, 3.05) is 5.43 Å². The van der Waals surface area contributed by atoms with E-state index in [0.717, 1.165) is 5.56 Å². The SMILES string of the molecule is CC(C)c1c(NN)ncnc1-n1cncn1. The molecule has 7 nitrogen and oxygen atoms in total. The van der Waals surface area contributed by atoms with Gasteiger partial charge in [0.25, 0.3) is 0 Å². The van der Waals surface area contributed by atoms with Crippen molar-refractivity contribution in [1.82, 2.24) is 24.7 Å². The molecule has 7 heteroatoms. The maximum atomic E-state index is 5.43. The molecule has 0 radical (unpaired) electrons. The van der Waals surface area contributed by atoms with Crippen LogP contribution in [0.15, 0.2) is 19.0 Å². The van der Waals surface area contributed by atoms with E-state index in [4.69, 9.17) is 5.84 Å². The van der Waals surface area contributed by atoms with Gasteiger partial charge in [0.05, 0.1) is 0 Å². The number of aromatic nitrogens is 5. The molecule has 0 aliphatic heterocycles. The predicted molar refractivity (Wildman–Crippen MR) is 58.8 cm³/mol. The van der Waals surface area contributed by atoms with Gasteiger partial charge >= 0.3 is 0 Å². The Morgan fingerprint density at radius 1 is 1.31 bits per heavy atom. The zero-order valence-electron chi connectivity index (χ0n) is 9.12. The van der Waals surface area contributed by atoms with Crippen LogP contribution in [0.3, 0.4) is 0 Å². The van der Waals surface area contributed by atoms with Crippen molar-refractivity contribution in [1.29, 1.82) is 0 Å². The normalized spacial score (nSPS) is 10.8. The molecule has 0 aliphatic carbocycles. The van der Waals surface area contributed by atoms with E-state index in [1.807, 2.05) is 13.8 Å². The number of rotatable bonds is 3. The smallest absolute Gasteiger partial charge is 0.164 e. The Morgan fingerprint density at radius 3 is 2.69 bits per heavy atom. The van der Waals surface area contributed by atoms with E-state index in [0.29, 0.717) is 11.6 Å². The third-order valence-electron chi connectivity index (χ3n) is 2.21. The molecule has 0 amide bonds. The van der Waals surface area contributed by atoms with E-state index in [-0.39, 0.29) is 5.92 Å². The Morgan fingerprint density at radius 2 is 2.12 bits per heavy atom. The van der Waals surface area contributed by atoms with Crippen molar-refractivity contribution >= 4 is 5.82 Å². The first-order chi connectivity index (χ1) is 7.74. The predicted octanol–water partition coefficient (Wildman–Crippen LogP) is 0.466. The molecule has 2 aromatic rings. The number of hydrogen-bond donors (Lipinski definition) is 2. The van der Waals surface area contributed by atoms with Crippen molar-refractivity contribution in [2.45, 2.75) is 19.8 Å². The molecule has 3 N–H and O–H groups in total. The molecule has 0 bridgehead atoms. The monoisotopic (exact) mass is 219 g/mol. The number of nitrogens with one attached hydrogen (secondary N) is 1. The van der Waals surface area contributed by atoms with Gasteiger partial charge < -0.3 is 5.43 Å². The Balaban J connectivity index is 2.61. The number of nitrogens with two attached hydrogens (primary N) is 1. The molecule has 2 aromatic heterocycles. The molecular weight excluding hydrogens is 206 g/mol. The quantitative estimate of drug-likeness (QED) is 0.575. The van der Waals surface area contributed by atoms with Gasteiger partial charge in [-0.2, -0.15) is 5.10 Å². The highest BCUT2D eigenvalue weighted by atomic mass is 15.4. The van der Waals surface area contributed by atoms with Crippen LogP contribution in [0.2, 0.25) is 0 Å². The summed E-state index contributed by atoms with van der Waals surface area (Å²) in [6, 6.07) is 0. The summed E-state index contributed by atoms with van der Waals surface area (Å²) in [6.07, 6.45) is 4.49. The lowest BCUT2D eigenvalue weighted by Crippen LogP contribution is -2.15. The molecule has 0 saturated heterocycles. The van der Waals surface area contributed by atoms with Crippen LogP contribution >= 0.6 is 0 Å². The van der Waals surface area contributed by atoms with Crippen molar-refractivity contribution in [3.05, 3.63) is 24.5 Å². The maximum Gasteiger partial charge on any atom is 0.164 e. The average Bonchev–Trinajstić information content (AvgIpc) is 2.81. The van der Waals surface area contributed by atoms with Crippen molar-refractivity contribution in [3.8, 4) is 5.82 Å². The number of hydrogen-bond acceptors (Lipinski definition) is 6. The van der Waals surface area contributed by atoms with Crippen LogP contribution in [-0.4, -0.2) is 24.7 Å². The molecule has 2 heterocycles. The summed E-state index contributed by atoms with van der Waals surface area (Å²) < 4.78 is 1.60. The first-order valence-corrected chi connectivity index (χ1v) is 4.90. The van der Waals surface area contributed by atoms with Gasteiger partial charge in [0, 0.05) is 5.56 Å². The summed E-state index contributed by atoms with van der Waals surface area (Å²) in [5.41, 5.74) is 3.48. The van der Waals surface area contributed by atoms with Gasteiger partial charge in [-0.15, -0.1) is 0 Å². The second kappa shape index (κ2) is 4.23. The Hall–Kier alpha value is -2.02. The third kappa shape index (κ3) is 1.72. The summed E-state index contributed by atoms with van der Waals surface area (Å²) >= 11 is 0. The fourth-order valence-corrected chi connectivity index (χ4v) is 1.53. The number of hydrazine groups is 1. The molecule has 0 saturated carbocycles.